The highest BCUT2D eigenvalue weighted by molar-refractivity contribution is 14.1. The van der Waals surface area contributed by atoms with Gasteiger partial charge in [0.05, 0.1) is 5.69 Å². The number of halogens is 1. The molecule has 0 spiro atoms. The summed E-state index contributed by atoms with van der Waals surface area (Å²) < 4.78 is 6.83. The zero-order valence-corrected chi connectivity index (χ0v) is 11.2. The van der Waals surface area contributed by atoms with Crippen molar-refractivity contribution in [1.82, 2.24) is 4.98 Å². The first-order chi connectivity index (χ1) is 8.34. The lowest BCUT2D eigenvalue weighted by molar-refractivity contribution is 0.357. The van der Waals surface area contributed by atoms with Crippen LogP contribution in [0.25, 0.3) is 5.57 Å². The average molecular weight is 335 g/mol. The Kier molecular flexibility index (Phi) is 2.84. The fraction of sp³-hybridized carbons (Fsp3) is 0.0714. The van der Waals surface area contributed by atoms with Crippen molar-refractivity contribution >= 4 is 28.2 Å². The van der Waals surface area contributed by atoms with E-state index in [1.165, 1.54) is 3.57 Å². The molecule has 2 nitrogen and oxygen atoms in total. The summed E-state index contributed by atoms with van der Waals surface area (Å²) in [4.78, 5) is 4.40. The molecule has 84 valence electrons. The predicted molar refractivity (Wildman–Crippen MR) is 76.0 cm³/mol. The van der Waals surface area contributed by atoms with E-state index >= 15 is 0 Å². The molecule has 0 radical (unpaired) electrons. The summed E-state index contributed by atoms with van der Waals surface area (Å²) in [7, 11) is 0. The van der Waals surface area contributed by atoms with Crippen molar-refractivity contribution in [2.75, 3.05) is 6.61 Å². The zero-order chi connectivity index (χ0) is 11.7. The SMILES string of the molecule is Ic1ccc2c(c1)C(c1ccccn1)=CCO2. The van der Waals surface area contributed by atoms with Crippen LogP contribution in [0.1, 0.15) is 11.3 Å². The van der Waals surface area contributed by atoms with Gasteiger partial charge in [-0.3, -0.25) is 4.98 Å². The van der Waals surface area contributed by atoms with Crippen LogP contribution in [0.2, 0.25) is 0 Å². The molecule has 1 aliphatic heterocycles. The summed E-state index contributed by atoms with van der Waals surface area (Å²) in [5.41, 5.74) is 3.28. The minimum absolute atomic E-state index is 0.611. The summed E-state index contributed by atoms with van der Waals surface area (Å²) in [6.45, 7) is 0.611. The highest BCUT2D eigenvalue weighted by Crippen LogP contribution is 2.34. The number of hydrogen-bond donors (Lipinski definition) is 0. The van der Waals surface area contributed by atoms with Crippen molar-refractivity contribution in [3.8, 4) is 5.75 Å². The molecule has 2 heterocycles. The fourth-order valence-electron chi connectivity index (χ4n) is 1.93. The molecule has 0 bridgehead atoms. The van der Waals surface area contributed by atoms with Crippen molar-refractivity contribution in [3.63, 3.8) is 0 Å². The van der Waals surface area contributed by atoms with Gasteiger partial charge < -0.3 is 4.74 Å². The molecule has 2 aromatic rings. The first kappa shape index (κ1) is 10.8. The molecule has 1 aromatic carbocycles. The lowest BCUT2D eigenvalue weighted by Gasteiger charge is -2.18. The van der Waals surface area contributed by atoms with E-state index in [9.17, 15) is 0 Å². The Hall–Kier alpha value is -1.36. The van der Waals surface area contributed by atoms with Gasteiger partial charge in [-0.1, -0.05) is 6.07 Å². The Morgan fingerprint density at radius 2 is 2.12 bits per heavy atom. The normalized spacial score (nSPS) is 13.6. The van der Waals surface area contributed by atoms with Gasteiger partial charge in [0.25, 0.3) is 0 Å². The molecule has 0 unspecified atom stereocenters. The van der Waals surface area contributed by atoms with E-state index in [-0.39, 0.29) is 0 Å². The molecule has 0 atom stereocenters. The number of fused-ring (bicyclic) bond motifs is 1. The number of ether oxygens (including phenoxy) is 1. The van der Waals surface area contributed by atoms with Gasteiger partial charge in [0.2, 0.25) is 0 Å². The van der Waals surface area contributed by atoms with Gasteiger partial charge in [0, 0.05) is 20.9 Å². The molecule has 0 aliphatic carbocycles. The van der Waals surface area contributed by atoms with Crippen molar-refractivity contribution < 1.29 is 4.74 Å². The molecular formula is C14H10INO. The van der Waals surface area contributed by atoms with Gasteiger partial charge in [-0.25, -0.2) is 0 Å². The van der Waals surface area contributed by atoms with E-state index in [2.05, 4.69) is 45.8 Å². The van der Waals surface area contributed by atoms with Gasteiger partial charge in [0.1, 0.15) is 12.4 Å². The molecule has 0 saturated carbocycles. The van der Waals surface area contributed by atoms with Crippen LogP contribution in [-0.2, 0) is 0 Å². The number of benzene rings is 1. The molecule has 0 amide bonds. The number of aromatic nitrogens is 1. The highest BCUT2D eigenvalue weighted by atomic mass is 127. The van der Waals surface area contributed by atoms with Gasteiger partial charge >= 0.3 is 0 Å². The molecule has 1 aromatic heterocycles. The Labute approximate surface area is 113 Å². The number of nitrogens with zero attached hydrogens (tertiary/aromatic N) is 1. The number of pyridine rings is 1. The molecule has 3 rings (SSSR count). The quantitative estimate of drug-likeness (QED) is 0.744. The molecule has 17 heavy (non-hydrogen) atoms. The smallest absolute Gasteiger partial charge is 0.127 e. The van der Waals surface area contributed by atoms with Crippen LogP contribution >= 0.6 is 22.6 Å². The van der Waals surface area contributed by atoms with Crippen LogP contribution in [0, 0.1) is 3.57 Å². The fourth-order valence-corrected chi connectivity index (χ4v) is 2.42. The van der Waals surface area contributed by atoms with Crippen LogP contribution < -0.4 is 4.74 Å². The van der Waals surface area contributed by atoms with E-state index in [1.54, 1.807) is 0 Å². The van der Waals surface area contributed by atoms with E-state index in [4.69, 9.17) is 4.74 Å². The summed E-state index contributed by atoms with van der Waals surface area (Å²) in [6, 6.07) is 12.2. The first-order valence-electron chi connectivity index (χ1n) is 5.39. The van der Waals surface area contributed by atoms with Crippen LogP contribution in [0.5, 0.6) is 5.75 Å². The van der Waals surface area contributed by atoms with Gasteiger partial charge in [-0.2, -0.15) is 0 Å². The van der Waals surface area contributed by atoms with Crippen molar-refractivity contribution in [3.05, 3.63) is 63.5 Å². The summed E-state index contributed by atoms with van der Waals surface area (Å²) in [6.07, 6.45) is 3.90. The second-order valence-corrected chi connectivity index (χ2v) is 5.03. The molecular weight excluding hydrogens is 325 g/mol. The van der Waals surface area contributed by atoms with E-state index in [1.807, 2.05) is 30.5 Å². The number of rotatable bonds is 1. The molecule has 0 saturated heterocycles. The van der Waals surface area contributed by atoms with E-state index in [0.717, 1.165) is 22.6 Å². The van der Waals surface area contributed by atoms with E-state index in [0.29, 0.717) is 6.61 Å². The van der Waals surface area contributed by atoms with Gasteiger partial charge in [0.15, 0.2) is 0 Å². The third-order valence-corrected chi connectivity index (χ3v) is 3.37. The lowest BCUT2D eigenvalue weighted by Crippen LogP contribution is -2.06. The maximum atomic E-state index is 5.62. The van der Waals surface area contributed by atoms with Crippen LogP contribution in [0.3, 0.4) is 0 Å². The monoisotopic (exact) mass is 335 g/mol. The Balaban J connectivity index is 2.14. The average Bonchev–Trinajstić information content (AvgIpc) is 2.39. The Morgan fingerprint density at radius 1 is 1.18 bits per heavy atom. The summed E-state index contributed by atoms with van der Waals surface area (Å²) >= 11 is 2.31. The minimum Gasteiger partial charge on any atom is -0.489 e. The second-order valence-electron chi connectivity index (χ2n) is 3.78. The number of hydrogen-bond acceptors (Lipinski definition) is 2. The third kappa shape index (κ3) is 2.07. The summed E-state index contributed by atoms with van der Waals surface area (Å²) in [5.74, 6) is 0.938. The largest absolute Gasteiger partial charge is 0.489 e. The van der Waals surface area contributed by atoms with Crippen LogP contribution in [-0.4, -0.2) is 11.6 Å². The Morgan fingerprint density at radius 3 is 2.94 bits per heavy atom. The Bertz CT molecular complexity index is 578. The van der Waals surface area contributed by atoms with E-state index < -0.39 is 0 Å². The molecule has 0 N–H and O–H groups in total. The molecule has 0 fully saturated rings. The van der Waals surface area contributed by atoms with Gasteiger partial charge in [-0.15, -0.1) is 0 Å². The van der Waals surface area contributed by atoms with Crippen molar-refractivity contribution in [2.24, 2.45) is 0 Å². The van der Waals surface area contributed by atoms with Crippen LogP contribution in [0.15, 0.2) is 48.7 Å². The first-order valence-corrected chi connectivity index (χ1v) is 6.47. The van der Waals surface area contributed by atoms with Crippen molar-refractivity contribution in [2.45, 2.75) is 0 Å². The topological polar surface area (TPSA) is 22.1 Å². The van der Waals surface area contributed by atoms with Crippen molar-refractivity contribution in [1.29, 1.82) is 0 Å². The molecule has 3 heteroatoms. The zero-order valence-electron chi connectivity index (χ0n) is 9.06. The predicted octanol–water partition coefficient (Wildman–Crippen LogP) is 3.51. The van der Waals surface area contributed by atoms with Gasteiger partial charge in [-0.05, 0) is 59.0 Å². The summed E-state index contributed by atoms with van der Waals surface area (Å²) in [5, 5.41) is 0. The minimum atomic E-state index is 0.611. The second kappa shape index (κ2) is 4.49. The molecule has 1 aliphatic rings. The standard InChI is InChI=1S/C14H10INO/c15-10-4-5-14-12(9-10)11(6-8-17-14)13-3-1-2-7-16-13/h1-7,9H,8H2. The maximum Gasteiger partial charge on any atom is 0.127 e. The van der Waals surface area contributed by atoms with Crippen LogP contribution in [0.4, 0.5) is 0 Å². The lowest BCUT2D eigenvalue weighted by atomic mass is 9.99. The third-order valence-electron chi connectivity index (χ3n) is 2.70. The maximum absolute atomic E-state index is 5.62. The highest BCUT2D eigenvalue weighted by Gasteiger charge is 2.16.